The summed E-state index contributed by atoms with van der Waals surface area (Å²) in [5.41, 5.74) is 5.64. The Morgan fingerprint density at radius 2 is 1.80 bits per heavy atom. The van der Waals surface area contributed by atoms with Gasteiger partial charge in [0.15, 0.2) is 10.7 Å². The number of thiol groups is 1. The van der Waals surface area contributed by atoms with E-state index >= 15 is 0 Å². The van der Waals surface area contributed by atoms with E-state index in [0.717, 1.165) is 0 Å². The third-order valence-corrected chi connectivity index (χ3v) is 1.93. The molecule has 10 heavy (non-hydrogen) atoms. The van der Waals surface area contributed by atoms with Crippen LogP contribution in [-0.2, 0) is 10.7 Å². The van der Waals surface area contributed by atoms with E-state index in [1.165, 1.54) is 6.07 Å². The summed E-state index contributed by atoms with van der Waals surface area (Å²) in [5.74, 6) is 0. The van der Waals surface area contributed by atoms with Gasteiger partial charge in [0.2, 0.25) is 0 Å². The van der Waals surface area contributed by atoms with Gasteiger partial charge in [-0.1, -0.05) is 12.1 Å². The predicted octanol–water partition coefficient (Wildman–Crippen LogP) is 0.239. The van der Waals surface area contributed by atoms with E-state index < -0.39 is 10.7 Å². The fraction of sp³-hybridized carbons (Fsp3) is 0. The van der Waals surface area contributed by atoms with Gasteiger partial charge in [0.1, 0.15) is 0 Å². The fourth-order valence-electron chi connectivity index (χ4n) is 0.654. The second-order valence-corrected chi connectivity index (χ2v) is 2.81. The third kappa shape index (κ3) is 1.27. The van der Waals surface area contributed by atoms with Gasteiger partial charge >= 0.3 is 0 Å². The molecule has 0 saturated heterocycles. The molecule has 0 atom stereocenters. The maximum Gasteiger partial charge on any atom is 0.170 e. The summed E-state index contributed by atoms with van der Waals surface area (Å²) >= 11 is 0. The van der Waals surface area contributed by atoms with E-state index in [-0.39, 0.29) is 4.90 Å². The summed E-state index contributed by atoms with van der Waals surface area (Å²) in [6.07, 6.45) is 0. The minimum atomic E-state index is -2.54. The minimum Gasteiger partial charge on any atom is -0.398 e. The molecular weight excluding hydrogens is 150 g/mol. The highest BCUT2D eigenvalue weighted by Crippen LogP contribution is 2.10. The van der Waals surface area contributed by atoms with Crippen LogP contribution in [0, 0.1) is 0 Å². The van der Waals surface area contributed by atoms with Crippen LogP contribution in [0.2, 0.25) is 0 Å². The lowest BCUT2D eigenvalue weighted by Gasteiger charge is -1.93. The number of nitrogen functional groups attached to an aromatic ring is 1. The minimum absolute atomic E-state index is 0.192. The molecule has 0 saturated carbocycles. The molecule has 1 rings (SSSR count). The second-order valence-electron chi connectivity index (χ2n) is 1.82. The number of para-hydroxylation sites is 1. The van der Waals surface area contributed by atoms with Crippen molar-refractivity contribution in [3.05, 3.63) is 24.3 Å². The molecular formula is C6H7NO2S. The summed E-state index contributed by atoms with van der Waals surface area (Å²) < 4.78 is 20.8. The molecule has 2 N–H and O–H groups in total. The second kappa shape index (κ2) is 2.70. The van der Waals surface area contributed by atoms with Crippen molar-refractivity contribution in [2.45, 2.75) is 4.90 Å². The predicted molar refractivity (Wildman–Crippen MR) is 39.4 cm³/mol. The van der Waals surface area contributed by atoms with Crippen LogP contribution in [0.5, 0.6) is 0 Å². The first-order valence-corrected chi connectivity index (χ1v) is 3.88. The monoisotopic (exact) mass is 157 g/mol. The molecule has 1 aromatic carbocycles. The van der Waals surface area contributed by atoms with E-state index in [0.29, 0.717) is 5.69 Å². The average molecular weight is 157 g/mol. The van der Waals surface area contributed by atoms with Gasteiger partial charge in [-0.25, -0.2) is 8.42 Å². The number of hydrogen-bond donors (Lipinski definition) is 2. The van der Waals surface area contributed by atoms with Crippen molar-refractivity contribution >= 4 is 16.4 Å². The van der Waals surface area contributed by atoms with Crippen molar-refractivity contribution in [1.82, 2.24) is 0 Å². The van der Waals surface area contributed by atoms with E-state index in [9.17, 15) is 8.42 Å². The molecule has 4 heteroatoms. The van der Waals surface area contributed by atoms with Crippen LogP contribution in [0.25, 0.3) is 0 Å². The highest BCUT2D eigenvalue weighted by Gasteiger charge is 1.96. The number of rotatable bonds is 1. The van der Waals surface area contributed by atoms with E-state index in [1.807, 2.05) is 0 Å². The highest BCUT2D eigenvalue weighted by atomic mass is 32.2. The van der Waals surface area contributed by atoms with Crippen molar-refractivity contribution in [3.8, 4) is 0 Å². The smallest absolute Gasteiger partial charge is 0.170 e. The van der Waals surface area contributed by atoms with Crippen molar-refractivity contribution in [2.75, 3.05) is 5.73 Å². The van der Waals surface area contributed by atoms with Crippen molar-refractivity contribution < 1.29 is 8.42 Å². The zero-order chi connectivity index (χ0) is 7.56. The van der Waals surface area contributed by atoms with Crippen LogP contribution in [0.3, 0.4) is 0 Å². The third-order valence-electron chi connectivity index (χ3n) is 1.13. The highest BCUT2D eigenvalue weighted by molar-refractivity contribution is 7.72. The first kappa shape index (κ1) is 7.08. The molecule has 0 unspecified atom stereocenters. The van der Waals surface area contributed by atoms with Gasteiger partial charge in [-0.05, 0) is 12.1 Å². The topological polar surface area (TPSA) is 60.2 Å². The first-order valence-electron chi connectivity index (χ1n) is 2.70. The van der Waals surface area contributed by atoms with Crippen LogP contribution in [0.4, 0.5) is 5.69 Å². The molecule has 0 aliphatic rings. The molecule has 0 amide bonds. The first-order chi connectivity index (χ1) is 4.72. The number of benzene rings is 1. The molecule has 0 bridgehead atoms. The molecule has 0 spiro atoms. The Balaban J connectivity index is 3.28. The van der Waals surface area contributed by atoms with Gasteiger partial charge in [0, 0.05) is 0 Å². The molecule has 0 fully saturated rings. The van der Waals surface area contributed by atoms with E-state index in [2.05, 4.69) is 0 Å². The summed E-state index contributed by atoms with van der Waals surface area (Å²) in [5, 5.41) is 0. The van der Waals surface area contributed by atoms with Gasteiger partial charge in [0.05, 0.1) is 10.6 Å². The summed E-state index contributed by atoms with van der Waals surface area (Å²) in [6, 6.07) is 6.36. The van der Waals surface area contributed by atoms with E-state index in [4.69, 9.17) is 5.73 Å². The quantitative estimate of drug-likeness (QED) is 0.453. The Hall–Kier alpha value is -1.03. The van der Waals surface area contributed by atoms with Crippen LogP contribution < -0.4 is 5.73 Å². The lowest BCUT2D eigenvalue weighted by Crippen LogP contribution is -1.90. The van der Waals surface area contributed by atoms with Gasteiger partial charge in [-0.2, -0.15) is 0 Å². The van der Waals surface area contributed by atoms with Gasteiger partial charge in [0.25, 0.3) is 0 Å². The molecule has 0 aliphatic carbocycles. The molecule has 1 aromatic rings. The lowest BCUT2D eigenvalue weighted by molar-refractivity contribution is 0.615. The van der Waals surface area contributed by atoms with Crippen LogP contribution in [0.15, 0.2) is 29.2 Å². The van der Waals surface area contributed by atoms with E-state index in [1.54, 1.807) is 18.2 Å². The summed E-state index contributed by atoms with van der Waals surface area (Å²) in [7, 11) is -2.54. The average Bonchev–Trinajstić information content (AvgIpc) is 1.88. The Labute approximate surface area is 60.4 Å². The number of anilines is 1. The van der Waals surface area contributed by atoms with Crippen LogP contribution in [0.1, 0.15) is 0 Å². The summed E-state index contributed by atoms with van der Waals surface area (Å²) in [4.78, 5) is 0.192. The molecule has 3 nitrogen and oxygen atoms in total. The molecule has 0 aliphatic heterocycles. The molecule has 0 radical (unpaired) electrons. The molecule has 0 heterocycles. The normalized spacial score (nSPS) is 10.1. The van der Waals surface area contributed by atoms with Gasteiger partial charge in [-0.15, -0.1) is 0 Å². The standard InChI is InChI=1S/C6H7NO2S/c7-5-3-1-2-4-6(5)10(8)9/h1-4,10H,7H2. The zero-order valence-corrected chi connectivity index (χ0v) is 6.04. The maximum absolute atomic E-state index is 10.4. The lowest BCUT2D eigenvalue weighted by atomic mass is 10.3. The largest absolute Gasteiger partial charge is 0.398 e. The summed E-state index contributed by atoms with van der Waals surface area (Å²) in [6.45, 7) is 0. The van der Waals surface area contributed by atoms with Crippen molar-refractivity contribution in [2.24, 2.45) is 0 Å². The molecule has 54 valence electrons. The van der Waals surface area contributed by atoms with Crippen LogP contribution >= 0.6 is 0 Å². The number of hydrogen-bond acceptors (Lipinski definition) is 3. The van der Waals surface area contributed by atoms with Crippen molar-refractivity contribution in [1.29, 1.82) is 0 Å². The fourth-order valence-corrected chi connectivity index (χ4v) is 1.15. The zero-order valence-electron chi connectivity index (χ0n) is 5.15. The Kier molecular flexibility index (Phi) is 1.91. The number of nitrogens with two attached hydrogens (primary N) is 1. The Bertz CT molecular complexity index is 298. The molecule has 0 aromatic heterocycles. The Morgan fingerprint density at radius 1 is 1.20 bits per heavy atom. The SMILES string of the molecule is Nc1ccccc1[SH](=O)=O. The van der Waals surface area contributed by atoms with Crippen LogP contribution in [-0.4, -0.2) is 8.42 Å². The van der Waals surface area contributed by atoms with Gasteiger partial charge < -0.3 is 5.73 Å². The van der Waals surface area contributed by atoms with Crippen molar-refractivity contribution in [3.63, 3.8) is 0 Å². The Morgan fingerprint density at radius 3 is 2.20 bits per heavy atom. The maximum atomic E-state index is 10.4. The van der Waals surface area contributed by atoms with Gasteiger partial charge in [-0.3, -0.25) is 0 Å².